The lowest BCUT2D eigenvalue weighted by Crippen LogP contribution is -2.56. The standard InChI is InChI=1S/C23H19ClN6O4S2/c1-36(33,34)29-7-5-16(12-29)21(32)30-8-6-19(30)20(31)28-23-27-18(13-35-23)15-4-2-3-14(9-15)17-10-25-22(24)26-11-17/h2-5,7,9-13,19H,6,8H2,1H3,(H,27,28,31)/t19-/m0/s1. The summed E-state index contributed by atoms with van der Waals surface area (Å²) >= 11 is 7.05. The molecule has 1 aliphatic rings. The normalized spacial score (nSPS) is 15.4. The summed E-state index contributed by atoms with van der Waals surface area (Å²) in [7, 11) is -3.49. The fraction of sp³-hybridized carbons (Fsp3) is 0.174. The van der Waals surface area contributed by atoms with Gasteiger partial charge in [-0.15, -0.1) is 11.3 Å². The van der Waals surface area contributed by atoms with Gasteiger partial charge in [0.05, 0.1) is 17.5 Å². The molecule has 1 aliphatic heterocycles. The van der Waals surface area contributed by atoms with Crippen LogP contribution in [0.4, 0.5) is 5.13 Å². The van der Waals surface area contributed by atoms with Gasteiger partial charge in [-0.3, -0.25) is 13.6 Å². The van der Waals surface area contributed by atoms with E-state index in [1.807, 2.05) is 29.6 Å². The monoisotopic (exact) mass is 542 g/mol. The number of nitrogens with zero attached hydrogens (tertiary/aromatic N) is 5. The summed E-state index contributed by atoms with van der Waals surface area (Å²) in [6.07, 6.45) is 7.40. The molecule has 13 heteroatoms. The van der Waals surface area contributed by atoms with Crippen LogP contribution in [0.2, 0.25) is 5.28 Å². The summed E-state index contributed by atoms with van der Waals surface area (Å²) in [6, 6.07) is 8.45. The van der Waals surface area contributed by atoms with E-state index in [0.717, 1.165) is 26.9 Å². The molecule has 3 aromatic heterocycles. The van der Waals surface area contributed by atoms with Crippen molar-refractivity contribution in [1.29, 1.82) is 0 Å². The third kappa shape index (κ3) is 4.87. The number of rotatable bonds is 6. The van der Waals surface area contributed by atoms with E-state index in [1.165, 1.54) is 34.7 Å². The van der Waals surface area contributed by atoms with E-state index < -0.39 is 22.0 Å². The Labute approximate surface area is 215 Å². The number of halogens is 1. The molecule has 1 atom stereocenters. The topological polar surface area (TPSA) is 127 Å². The Morgan fingerprint density at radius 3 is 2.56 bits per heavy atom. The molecule has 1 fully saturated rings. The molecule has 0 unspecified atom stereocenters. The maximum Gasteiger partial charge on any atom is 0.256 e. The molecule has 0 spiro atoms. The quantitative estimate of drug-likeness (QED) is 0.370. The number of nitrogens with one attached hydrogen (secondary N) is 1. The van der Waals surface area contributed by atoms with Crippen molar-refractivity contribution < 1.29 is 18.0 Å². The first-order valence-corrected chi connectivity index (χ1v) is 13.8. The van der Waals surface area contributed by atoms with Crippen LogP contribution in [-0.4, -0.2) is 62.9 Å². The van der Waals surface area contributed by atoms with E-state index in [0.29, 0.717) is 23.8 Å². The number of carbonyl (C=O) groups excluding carboxylic acids is 2. The lowest BCUT2D eigenvalue weighted by molar-refractivity contribution is -0.123. The first-order chi connectivity index (χ1) is 17.2. The van der Waals surface area contributed by atoms with Crippen LogP contribution < -0.4 is 5.32 Å². The number of hydrogen-bond donors (Lipinski definition) is 1. The van der Waals surface area contributed by atoms with Crippen LogP contribution in [0, 0.1) is 0 Å². The Hall–Kier alpha value is -3.61. The Morgan fingerprint density at radius 2 is 1.89 bits per heavy atom. The number of amides is 2. The summed E-state index contributed by atoms with van der Waals surface area (Å²) in [5.41, 5.74) is 3.47. The first kappa shape index (κ1) is 24.1. The largest absolute Gasteiger partial charge is 0.326 e. The van der Waals surface area contributed by atoms with E-state index in [2.05, 4.69) is 20.3 Å². The van der Waals surface area contributed by atoms with Crippen molar-refractivity contribution in [3.8, 4) is 22.4 Å². The van der Waals surface area contributed by atoms with Crippen molar-refractivity contribution in [1.82, 2.24) is 23.8 Å². The molecule has 1 saturated heterocycles. The molecule has 10 nitrogen and oxygen atoms in total. The Kier molecular flexibility index (Phi) is 6.33. The van der Waals surface area contributed by atoms with Crippen molar-refractivity contribution in [2.75, 3.05) is 18.1 Å². The number of carbonyl (C=O) groups is 2. The zero-order valence-electron chi connectivity index (χ0n) is 18.8. The molecular weight excluding hydrogens is 524 g/mol. The molecule has 0 radical (unpaired) electrons. The molecule has 4 heterocycles. The van der Waals surface area contributed by atoms with E-state index in [9.17, 15) is 18.0 Å². The Balaban J connectivity index is 1.26. The number of anilines is 1. The molecular formula is C23H19ClN6O4S2. The third-order valence-electron chi connectivity index (χ3n) is 5.73. The fourth-order valence-electron chi connectivity index (χ4n) is 3.75. The number of thiazole rings is 1. The lowest BCUT2D eigenvalue weighted by atomic mass is 10.0. The Bertz CT molecular complexity index is 1570. The Morgan fingerprint density at radius 1 is 1.14 bits per heavy atom. The minimum absolute atomic E-state index is 0.175. The molecule has 0 aliphatic carbocycles. The van der Waals surface area contributed by atoms with Crippen molar-refractivity contribution in [3.05, 3.63) is 71.3 Å². The maximum absolute atomic E-state index is 12.9. The van der Waals surface area contributed by atoms with Gasteiger partial charge in [0.25, 0.3) is 5.91 Å². The first-order valence-electron chi connectivity index (χ1n) is 10.7. The van der Waals surface area contributed by atoms with E-state index >= 15 is 0 Å². The second-order valence-electron chi connectivity index (χ2n) is 8.14. The van der Waals surface area contributed by atoms with Gasteiger partial charge in [-0.25, -0.2) is 23.4 Å². The molecule has 1 aromatic carbocycles. The van der Waals surface area contributed by atoms with Gasteiger partial charge in [0.2, 0.25) is 21.2 Å². The van der Waals surface area contributed by atoms with Crippen molar-refractivity contribution in [3.63, 3.8) is 0 Å². The summed E-state index contributed by atoms with van der Waals surface area (Å²) in [4.78, 5) is 39.6. The lowest BCUT2D eigenvalue weighted by Gasteiger charge is -2.39. The summed E-state index contributed by atoms with van der Waals surface area (Å²) in [5, 5.41) is 5.22. The maximum atomic E-state index is 12.9. The molecule has 5 rings (SSSR count). The van der Waals surface area contributed by atoms with Gasteiger partial charge in [-0.1, -0.05) is 18.2 Å². The van der Waals surface area contributed by atoms with Crippen LogP contribution in [-0.2, 0) is 14.8 Å². The van der Waals surface area contributed by atoms with Crippen molar-refractivity contribution >= 4 is 49.9 Å². The predicted octanol–water partition coefficient (Wildman–Crippen LogP) is 3.38. The molecule has 1 N–H and O–H groups in total. The van der Waals surface area contributed by atoms with Gasteiger partial charge in [-0.05, 0) is 35.7 Å². The zero-order valence-corrected chi connectivity index (χ0v) is 21.2. The summed E-state index contributed by atoms with van der Waals surface area (Å²) < 4.78 is 24.3. The summed E-state index contributed by atoms with van der Waals surface area (Å²) in [5.74, 6) is -0.739. The minimum atomic E-state index is -3.49. The van der Waals surface area contributed by atoms with Crippen LogP contribution in [0.5, 0.6) is 0 Å². The fourth-order valence-corrected chi connectivity index (χ4v) is 5.16. The number of benzene rings is 1. The molecule has 0 saturated carbocycles. The predicted molar refractivity (Wildman–Crippen MR) is 136 cm³/mol. The second kappa shape index (κ2) is 9.45. The molecule has 4 aromatic rings. The smallest absolute Gasteiger partial charge is 0.256 e. The average Bonchev–Trinajstić information content (AvgIpc) is 3.49. The van der Waals surface area contributed by atoms with E-state index in [-0.39, 0.29) is 16.8 Å². The zero-order chi connectivity index (χ0) is 25.4. The summed E-state index contributed by atoms with van der Waals surface area (Å²) in [6.45, 7) is 0.408. The van der Waals surface area contributed by atoms with E-state index in [4.69, 9.17) is 11.6 Å². The van der Waals surface area contributed by atoms with Crippen molar-refractivity contribution in [2.24, 2.45) is 0 Å². The number of likely N-dealkylation sites (tertiary alicyclic amines) is 1. The highest BCUT2D eigenvalue weighted by Gasteiger charge is 2.38. The van der Waals surface area contributed by atoms with Gasteiger partial charge < -0.3 is 10.2 Å². The second-order valence-corrected chi connectivity index (χ2v) is 11.2. The van der Waals surface area contributed by atoms with Crippen LogP contribution in [0.1, 0.15) is 16.8 Å². The number of hydrogen-bond acceptors (Lipinski definition) is 8. The molecule has 184 valence electrons. The van der Waals surface area contributed by atoms with Gasteiger partial charge in [0.1, 0.15) is 6.04 Å². The average molecular weight is 543 g/mol. The highest BCUT2D eigenvalue weighted by Crippen LogP contribution is 2.30. The van der Waals surface area contributed by atoms with E-state index in [1.54, 1.807) is 12.4 Å². The highest BCUT2D eigenvalue weighted by atomic mass is 35.5. The van der Waals surface area contributed by atoms with Crippen molar-refractivity contribution in [2.45, 2.75) is 12.5 Å². The molecule has 0 bridgehead atoms. The van der Waals surface area contributed by atoms with Crippen LogP contribution >= 0.6 is 22.9 Å². The van der Waals surface area contributed by atoms with Gasteiger partial charge in [0.15, 0.2) is 5.13 Å². The van der Waals surface area contributed by atoms with Gasteiger partial charge >= 0.3 is 0 Å². The van der Waals surface area contributed by atoms with Crippen LogP contribution in [0.15, 0.2) is 60.5 Å². The number of aromatic nitrogens is 4. The minimum Gasteiger partial charge on any atom is -0.326 e. The molecule has 2 amide bonds. The van der Waals surface area contributed by atoms with Gasteiger partial charge in [0, 0.05) is 47.8 Å². The van der Waals surface area contributed by atoms with Gasteiger partial charge in [-0.2, -0.15) is 0 Å². The van der Waals surface area contributed by atoms with Crippen LogP contribution in [0.3, 0.4) is 0 Å². The highest BCUT2D eigenvalue weighted by molar-refractivity contribution is 7.89. The SMILES string of the molecule is CS(=O)(=O)n1ccc(C(=O)N2CC[C@H]2C(=O)Nc2nc(-c3cccc(-c4cnc(Cl)nc4)c3)cs2)c1. The molecule has 36 heavy (non-hydrogen) atoms. The third-order valence-corrected chi connectivity index (χ3v) is 7.67. The van der Waals surface area contributed by atoms with Crippen LogP contribution in [0.25, 0.3) is 22.4 Å².